The number of hydrogen-bond donors (Lipinski definition) is 1. The average Bonchev–Trinajstić information content (AvgIpc) is 2.34. The predicted molar refractivity (Wildman–Crippen MR) is 38.6 cm³/mol. The molecule has 11 heavy (non-hydrogen) atoms. The fraction of sp³-hybridized carbons (Fsp3) is 0.200. The molecule has 0 aromatic carbocycles. The van der Waals surface area contributed by atoms with Gasteiger partial charge in [0.25, 0.3) is 0 Å². The molecule has 1 atom stereocenters. The van der Waals surface area contributed by atoms with Crippen molar-refractivity contribution in [3.8, 4) is 0 Å². The molecule has 1 N–H and O–H groups in total. The van der Waals surface area contributed by atoms with E-state index >= 15 is 0 Å². The molecule has 60 valence electrons. The second kappa shape index (κ2) is 3.15. The molecule has 3 nitrogen and oxygen atoms in total. The number of carboxylic acid groups (broad SMARTS) is 1. The van der Waals surface area contributed by atoms with Crippen molar-refractivity contribution in [1.82, 2.24) is 4.98 Å². The van der Waals surface area contributed by atoms with Crippen LogP contribution in [0.4, 0.5) is 4.39 Å². The van der Waals surface area contributed by atoms with E-state index < -0.39 is 12.1 Å². The summed E-state index contributed by atoms with van der Waals surface area (Å²) in [6.45, 7) is 0. The lowest BCUT2D eigenvalue weighted by atomic mass is 10.3. The molecule has 0 saturated carbocycles. The van der Waals surface area contributed by atoms with E-state index in [1.807, 2.05) is 0 Å². The highest BCUT2D eigenvalue weighted by atomic mass is 35.5. The van der Waals surface area contributed by atoms with Gasteiger partial charge in [0.2, 0.25) is 6.17 Å². The first-order valence-corrected chi connectivity index (χ1v) is 3.85. The quantitative estimate of drug-likeness (QED) is 0.784. The van der Waals surface area contributed by atoms with Gasteiger partial charge in [-0.3, -0.25) is 0 Å². The van der Waals surface area contributed by atoms with Gasteiger partial charge in [0.15, 0.2) is 4.47 Å². The van der Waals surface area contributed by atoms with E-state index in [0.717, 1.165) is 11.3 Å². The lowest BCUT2D eigenvalue weighted by molar-refractivity contribution is -0.143. The molecule has 1 aromatic heterocycles. The summed E-state index contributed by atoms with van der Waals surface area (Å²) in [5.41, 5.74) is -0.146. The summed E-state index contributed by atoms with van der Waals surface area (Å²) >= 11 is 6.36. The summed E-state index contributed by atoms with van der Waals surface area (Å²) in [5.74, 6) is -1.55. The van der Waals surface area contributed by atoms with Crippen molar-refractivity contribution in [1.29, 1.82) is 0 Å². The van der Waals surface area contributed by atoms with E-state index in [-0.39, 0.29) is 10.2 Å². The van der Waals surface area contributed by atoms with Gasteiger partial charge in [0, 0.05) is 5.38 Å². The first-order valence-electron chi connectivity index (χ1n) is 2.59. The lowest BCUT2D eigenvalue weighted by Gasteiger charge is -1.94. The number of carboxylic acids is 1. The molecule has 0 radical (unpaired) electrons. The summed E-state index contributed by atoms with van der Waals surface area (Å²) in [5, 5.41) is 9.47. The minimum atomic E-state index is -2.07. The SMILES string of the molecule is O=C(O)C(F)c1csc(Cl)n1. The first-order chi connectivity index (χ1) is 5.11. The number of thiazole rings is 1. The topological polar surface area (TPSA) is 50.2 Å². The Labute approximate surface area is 70.4 Å². The van der Waals surface area contributed by atoms with Gasteiger partial charge in [-0.1, -0.05) is 11.6 Å². The van der Waals surface area contributed by atoms with Crippen LogP contribution in [-0.4, -0.2) is 16.1 Å². The zero-order valence-electron chi connectivity index (χ0n) is 5.12. The van der Waals surface area contributed by atoms with Gasteiger partial charge in [0.1, 0.15) is 0 Å². The summed E-state index contributed by atoms with van der Waals surface area (Å²) < 4.78 is 12.7. The number of halogens is 2. The van der Waals surface area contributed by atoms with Crippen molar-refractivity contribution < 1.29 is 14.3 Å². The number of aromatic nitrogens is 1. The van der Waals surface area contributed by atoms with Crippen LogP contribution in [0.25, 0.3) is 0 Å². The molecular weight excluding hydrogens is 193 g/mol. The minimum absolute atomic E-state index is 0.143. The van der Waals surface area contributed by atoms with Crippen LogP contribution in [0.3, 0.4) is 0 Å². The number of carbonyl (C=O) groups is 1. The maximum absolute atomic E-state index is 12.6. The minimum Gasteiger partial charge on any atom is -0.479 e. The van der Waals surface area contributed by atoms with Crippen LogP contribution in [0.15, 0.2) is 5.38 Å². The number of aliphatic carboxylic acids is 1. The maximum Gasteiger partial charge on any atom is 0.344 e. The van der Waals surface area contributed by atoms with E-state index in [1.54, 1.807) is 0 Å². The molecule has 6 heteroatoms. The monoisotopic (exact) mass is 195 g/mol. The van der Waals surface area contributed by atoms with Gasteiger partial charge in [-0.25, -0.2) is 14.2 Å². The number of alkyl halides is 1. The normalized spacial score (nSPS) is 12.9. The van der Waals surface area contributed by atoms with Crippen LogP contribution in [0.2, 0.25) is 4.47 Å². The molecule has 0 saturated heterocycles. The van der Waals surface area contributed by atoms with Gasteiger partial charge in [0.05, 0.1) is 5.69 Å². The Kier molecular flexibility index (Phi) is 2.41. The molecule has 0 spiro atoms. The number of nitrogens with zero attached hydrogens (tertiary/aromatic N) is 1. The highest BCUT2D eigenvalue weighted by Crippen LogP contribution is 2.22. The first kappa shape index (κ1) is 8.42. The maximum atomic E-state index is 12.6. The lowest BCUT2D eigenvalue weighted by Crippen LogP contribution is -2.05. The van der Waals surface area contributed by atoms with Gasteiger partial charge in [-0.15, -0.1) is 11.3 Å². The molecule has 1 rings (SSSR count). The fourth-order valence-electron chi connectivity index (χ4n) is 0.506. The third-order valence-electron chi connectivity index (χ3n) is 0.970. The van der Waals surface area contributed by atoms with E-state index in [2.05, 4.69) is 4.98 Å². The molecule has 0 aliphatic carbocycles. The summed E-state index contributed by atoms with van der Waals surface area (Å²) in [7, 11) is 0. The molecule has 0 bridgehead atoms. The van der Waals surface area contributed by atoms with Crippen LogP contribution < -0.4 is 0 Å². The molecule has 0 aliphatic heterocycles. The Hall–Kier alpha value is -0.680. The van der Waals surface area contributed by atoms with Crippen LogP contribution in [-0.2, 0) is 4.79 Å². The van der Waals surface area contributed by atoms with Crippen molar-refractivity contribution in [3.63, 3.8) is 0 Å². The van der Waals surface area contributed by atoms with Crippen molar-refractivity contribution in [2.45, 2.75) is 6.17 Å². The van der Waals surface area contributed by atoms with Crippen molar-refractivity contribution >= 4 is 28.9 Å². The van der Waals surface area contributed by atoms with Gasteiger partial charge in [-0.2, -0.15) is 0 Å². The second-order valence-corrected chi connectivity index (χ2v) is 3.17. The van der Waals surface area contributed by atoms with E-state index in [9.17, 15) is 9.18 Å². The van der Waals surface area contributed by atoms with E-state index in [0.29, 0.717) is 0 Å². The van der Waals surface area contributed by atoms with Gasteiger partial charge >= 0.3 is 5.97 Å². The Morgan fingerprint density at radius 2 is 2.55 bits per heavy atom. The predicted octanol–water partition coefficient (Wildman–Crippen LogP) is 1.89. The smallest absolute Gasteiger partial charge is 0.344 e. The standard InChI is InChI=1S/C5H3ClFNO2S/c6-5-8-2(1-11-5)3(7)4(9)10/h1,3H,(H,9,10). The molecule has 1 unspecified atom stereocenters. The Morgan fingerprint density at radius 1 is 1.91 bits per heavy atom. The number of rotatable bonds is 2. The Balaban J connectivity index is 2.84. The largest absolute Gasteiger partial charge is 0.479 e. The van der Waals surface area contributed by atoms with Crippen LogP contribution in [0.1, 0.15) is 11.9 Å². The Morgan fingerprint density at radius 3 is 2.91 bits per heavy atom. The highest BCUT2D eigenvalue weighted by molar-refractivity contribution is 7.13. The molecule has 0 amide bonds. The van der Waals surface area contributed by atoms with Crippen molar-refractivity contribution in [2.75, 3.05) is 0 Å². The zero-order valence-corrected chi connectivity index (χ0v) is 6.69. The average molecular weight is 196 g/mol. The van der Waals surface area contributed by atoms with Crippen molar-refractivity contribution in [2.24, 2.45) is 0 Å². The summed E-state index contributed by atoms with van der Waals surface area (Å²) in [6.07, 6.45) is -2.07. The molecule has 0 aliphatic rings. The fourth-order valence-corrected chi connectivity index (χ4v) is 1.29. The second-order valence-electron chi connectivity index (χ2n) is 1.73. The highest BCUT2D eigenvalue weighted by Gasteiger charge is 2.20. The van der Waals surface area contributed by atoms with Crippen LogP contribution in [0, 0.1) is 0 Å². The molecule has 1 aromatic rings. The molecule has 0 fully saturated rings. The third-order valence-corrected chi connectivity index (χ3v) is 1.97. The Bertz CT molecular complexity index is 277. The van der Waals surface area contributed by atoms with Gasteiger partial charge < -0.3 is 5.11 Å². The summed E-state index contributed by atoms with van der Waals surface area (Å²) in [6, 6.07) is 0. The van der Waals surface area contributed by atoms with Crippen molar-refractivity contribution in [3.05, 3.63) is 15.5 Å². The van der Waals surface area contributed by atoms with E-state index in [4.69, 9.17) is 16.7 Å². The molecule has 1 heterocycles. The molecular formula is C5H3ClFNO2S. The van der Waals surface area contributed by atoms with Crippen LogP contribution in [0.5, 0.6) is 0 Å². The number of hydrogen-bond acceptors (Lipinski definition) is 3. The van der Waals surface area contributed by atoms with Gasteiger partial charge in [-0.05, 0) is 0 Å². The zero-order chi connectivity index (χ0) is 8.43. The third kappa shape index (κ3) is 1.87. The van der Waals surface area contributed by atoms with E-state index in [1.165, 1.54) is 5.38 Å². The summed E-state index contributed by atoms with van der Waals surface area (Å²) in [4.78, 5) is 13.5. The van der Waals surface area contributed by atoms with Crippen LogP contribution >= 0.6 is 22.9 Å².